The van der Waals surface area contributed by atoms with E-state index in [0.29, 0.717) is 0 Å². The molecule has 4 nitrogen and oxygen atoms in total. The van der Waals surface area contributed by atoms with E-state index in [1.807, 2.05) is 30.3 Å². The fourth-order valence-corrected chi connectivity index (χ4v) is 1.29. The van der Waals surface area contributed by atoms with Gasteiger partial charge in [-0.3, -0.25) is 0 Å². The number of rotatable bonds is 2. The average molecular weight is 179 g/mol. The van der Waals surface area contributed by atoms with Crippen molar-refractivity contribution in [1.29, 1.82) is 0 Å². The van der Waals surface area contributed by atoms with Gasteiger partial charge in [0.1, 0.15) is 5.75 Å². The van der Waals surface area contributed by atoms with Crippen LogP contribution in [0.3, 0.4) is 0 Å². The summed E-state index contributed by atoms with van der Waals surface area (Å²) in [6.07, 6.45) is 0.723. The van der Waals surface area contributed by atoms with Crippen molar-refractivity contribution in [2.24, 2.45) is 5.73 Å². The summed E-state index contributed by atoms with van der Waals surface area (Å²) in [5.41, 5.74) is 11.5. The molecule has 70 valence electrons. The van der Waals surface area contributed by atoms with Crippen LogP contribution in [0.2, 0.25) is 0 Å². The van der Waals surface area contributed by atoms with E-state index in [0.717, 1.165) is 12.2 Å². The van der Waals surface area contributed by atoms with Crippen LogP contribution in [0.15, 0.2) is 30.3 Å². The second kappa shape index (κ2) is 3.74. The fourth-order valence-electron chi connectivity index (χ4n) is 1.29. The smallest absolute Gasteiger partial charge is 0.165 e. The highest BCUT2D eigenvalue weighted by atomic mass is 16.5. The number of hydrogen-bond acceptors (Lipinski definition) is 4. The van der Waals surface area contributed by atoms with E-state index < -0.39 is 0 Å². The Hall–Kier alpha value is -1.10. The first-order valence-corrected chi connectivity index (χ1v) is 4.33. The van der Waals surface area contributed by atoms with Crippen molar-refractivity contribution in [3.63, 3.8) is 0 Å². The summed E-state index contributed by atoms with van der Waals surface area (Å²) in [5.74, 6) is 0.857. The van der Waals surface area contributed by atoms with Gasteiger partial charge in [0.2, 0.25) is 0 Å². The summed E-state index contributed by atoms with van der Waals surface area (Å²) < 4.78 is 5.59. The lowest BCUT2D eigenvalue weighted by Crippen LogP contribution is -2.38. The second-order valence-electron chi connectivity index (χ2n) is 3.05. The lowest BCUT2D eigenvalue weighted by molar-refractivity contribution is 0.180. The zero-order valence-corrected chi connectivity index (χ0v) is 7.23. The van der Waals surface area contributed by atoms with Gasteiger partial charge in [0.25, 0.3) is 0 Å². The van der Waals surface area contributed by atoms with Crippen LogP contribution in [-0.4, -0.2) is 12.4 Å². The molecule has 1 aromatic rings. The van der Waals surface area contributed by atoms with E-state index in [9.17, 15) is 0 Å². The van der Waals surface area contributed by atoms with Gasteiger partial charge in [-0.1, -0.05) is 18.2 Å². The van der Waals surface area contributed by atoms with Gasteiger partial charge in [-0.25, -0.2) is 10.9 Å². The third kappa shape index (κ3) is 2.18. The lowest BCUT2D eigenvalue weighted by Gasteiger charge is -2.11. The Morgan fingerprint density at radius 2 is 2.00 bits per heavy atom. The van der Waals surface area contributed by atoms with Gasteiger partial charge in [0.15, 0.2) is 6.23 Å². The van der Waals surface area contributed by atoms with Crippen LogP contribution in [0.4, 0.5) is 0 Å². The van der Waals surface area contributed by atoms with Gasteiger partial charge in [-0.2, -0.15) is 0 Å². The molecule has 1 saturated heterocycles. The molecule has 4 heteroatoms. The molecule has 0 aromatic heterocycles. The minimum atomic E-state index is -0.0302. The van der Waals surface area contributed by atoms with Gasteiger partial charge >= 0.3 is 0 Å². The van der Waals surface area contributed by atoms with Gasteiger partial charge in [-0.15, -0.1) is 0 Å². The van der Waals surface area contributed by atoms with Crippen LogP contribution in [-0.2, 0) is 0 Å². The highest BCUT2D eigenvalue weighted by Crippen LogP contribution is 2.12. The summed E-state index contributed by atoms with van der Waals surface area (Å²) in [7, 11) is 0. The van der Waals surface area contributed by atoms with Gasteiger partial charge < -0.3 is 10.5 Å². The van der Waals surface area contributed by atoms with Crippen molar-refractivity contribution in [3.05, 3.63) is 30.3 Å². The minimum Gasteiger partial charge on any atom is -0.474 e. The van der Waals surface area contributed by atoms with Crippen LogP contribution in [0.25, 0.3) is 0 Å². The highest BCUT2D eigenvalue weighted by Gasteiger charge is 2.21. The van der Waals surface area contributed by atoms with Gasteiger partial charge in [0.05, 0.1) is 6.17 Å². The maximum Gasteiger partial charge on any atom is 0.165 e. The first-order chi connectivity index (χ1) is 6.34. The Morgan fingerprint density at radius 3 is 2.62 bits per heavy atom. The predicted octanol–water partition coefficient (Wildman–Crippen LogP) is 0.174. The molecular weight excluding hydrogens is 166 g/mol. The number of nitrogens with two attached hydrogens (primary N) is 1. The summed E-state index contributed by atoms with van der Waals surface area (Å²) >= 11 is 0. The van der Waals surface area contributed by atoms with E-state index in [1.54, 1.807) is 0 Å². The quantitative estimate of drug-likeness (QED) is 0.606. The maximum atomic E-state index is 5.63. The molecule has 1 heterocycles. The van der Waals surface area contributed by atoms with Crippen LogP contribution >= 0.6 is 0 Å². The Balaban J connectivity index is 1.92. The SMILES string of the molecule is NC1CC(Oc2ccccc2)NN1. The summed E-state index contributed by atoms with van der Waals surface area (Å²) in [4.78, 5) is 0. The highest BCUT2D eigenvalue weighted by molar-refractivity contribution is 5.21. The number of hydrogen-bond donors (Lipinski definition) is 3. The number of ether oxygens (including phenoxy) is 1. The van der Waals surface area contributed by atoms with Crippen molar-refractivity contribution in [3.8, 4) is 5.75 Å². The normalized spacial score (nSPS) is 27.5. The molecular formula is C9H13N3O. The molecule has 2 rings (SSSR count). The summed E-state index contributed by atoms with van der Waals surface area (Å²) in [6, 6.07) is 9.69. The summed E-state index contributed by atoms with van der Waals surface area (Å²) in [6.45, 7) is 0. The van der Waals surface area contributed by atoms with E-state index in [2.05, 4.69) is 10.9 Å². The van der Waals surface area contributed by atoms with E-state index in [1.165, 1.54) is 0 Å². The molecule has 1 aromatic carbocycles. The Morgan fingerprint density at radius 1 is 1.23 bits per heavy atom. The molecule has 0 spiro atoms. The zero-order chi connectivity index (χ0) is 9.10. The monoisotopic (exact) mass is 179 g/mol. The molecule has 4 N–H and O–H groups in total. The Bertz CT molecular complexity index is 265. The van der Waals surface area contributed by atoms with Gasteiger partial charge in [0, 0.05) is 6.42 Å². The molecule has 2 unspecified atom stereocenters. The molecule has 13 heavy (non-hydrogen) atoms. The molecule has 1 aliphatic rings. The van der Waals surface area contributed by atoms with E-state index >= 15 is 0 Å². The fraction of sp³-hybridized carbons (Fsp3) is 0.333. The molecule has 0 amide bonds. The molecule has 1 aliphatic heterocycles. The molecule has 0 saturated carbocycles. The van der Waals surface area contributed by atoms with Crippen molar-refractivity contribution >= 4 is 0 Å². The third-order valence-corrected chi connectivity index (χ3v) is 1.92. The van der Waals surface area contributed by atoms with Crippen LogP contribution in [0.5, 0.6) is 5.75 Å². The standard InChI is InChI=1S/C9H13N3O/c10-8-6-9(12-11-8)13-7-4-2-1-3-5-7/h1-5,8-9,11-12H,6,10H2. The summed E-state index contributed by atoms with van der Waals surface area (Å²) in [5, 5.41) is 0. The van der Waals surface area contributed by atoms with Crippen LogP contribution in [0.1, 0.15) is 6.42 Å². The number of hydrazine groups is 1. The lowest BCUT2D eigenvalue weighted by atomic mass is 10.3. The van der Waals surface area contributed by atoms with Crippen LogP contribution in [0, 0.1) is 0 Å². The third-order valence-electron chi connectivity index (χ3n) is 1.92. The van der Waals surface area contributed by atoms with Crippen molar-refractivity contribution < 1.29 is 4.74 Å². The molecule has 2 atom stereocenters. The number of para-hydroxylation sites is 1. The topological polar surface area (TPSA) is 59.3 Å². The minimum absolute atomic E-state index is 0.0197. The van der Waals surface area contributed by atoms with Crippen LogP contribution < -0.4 is 21.3 Å². The zero-order valence-electron chi connectivity index (χ0n) is 7.23. The Kier molecular flexibility index (Phi) is 2.44. The molecule has 1 fully saturated rings. The first kappa shape index (κ1) is 8.50. The molecule has 0 bridgehead atoms. The second-order valence-corrected chi connectivity index (χ2v) is 3.05. The maximum absolute atomic E-state index is 5.63. The van der Waals surface area contributed by atoms with Crippen molar-refractivity contribution in [2.45, 2.75) is 18.8 Å². The largest absolute Gasteiger partial charge is 0.474 e. The van der Waals surface area contributed by atoms with Crippen molar-refractivity contribution in [1.82, 2.24) is 10.9 Å². The van der Waals surface area contributed by atoms with Gasteiger partial charge in [-0.05, 0) is 12.1 Å². The van der Waals surface area contributed by atoms with E-state index in [4.69, 9.17) is 10.5 Å². The number of nitrogens with one attached hydrogen (secondary N) is 2. The van der Waals surface area contributed by atoms with Crippen molar-refractivity contribution in [2.75, 3.05) is 0 Å². The van der Waals surface area contributed by atoms with E-state index in [-0.39, 0.29) is 12.4 Å². The molecule has 0 radical (unpaired) electrons. The molecule has 0 aliphatic carbocycles. The number of benzene rings is 1. The average Bonchev–Trinajstić information content (AvgIpc) is 2.53. The Labute approximate surface area is 77.0 Å². The predicted molar refractivity (Wildman–Crippen MR) is 49.7 cm³/mol. The first-order valence-electron chi connectivity index (χ1n) is 4.33.